The lowest BCUT2D eigenvalue weighted by Gasteiger charge is -2.56. The maximum atomic E-state index is 13.4. The maximum Gasteiger partial charge on any atom is 0.174 e. The van der Waals surface area contributed by atoms with Crippen LogP contribution in [0.4, 0.5) is 0 Å². The summed E-state index contributed by atoms with van der Waals surface area (Å²) in [5.41, 5.74) is 0.854. The lowest BCUT2D eigenvalue weighted by Crippen LogP contribution is -2.58. The zero-order valence-corrected chi connectivity index (χ0v) is 15.2. The van der Waals surface area contributed by atoms with Crippen LogP contribution in [0, 0.1) is 28.6 Å². The monoisotopic (exact) mass is 344 g/mol. The van der Waals surface area contributed by atoms with Crippen molar-refractivity contribution >= 4 is 5.78 Å². The zero-order valence-electron chi connectivity index (χ0n) is 15.2. The molecule has 0 aromatic carbocycles. The second kappa shape index (κ2) is 4.98. The van der Waals surface area contributed by atoms with Crippen LogP contribution in [0.15, 0.2) is 23.5 Å². The fourth-order valence-electron chi connectivity index (χ4n) is 7.02. The van der Waals surface area contributed by atoms with Crippen LogP contribution in [0.1, 0.15) is 52.4 Å². The molecule has 4 aliphatic carbocycles. The van der Waals surface area contributed by atoms with Crippen molar-refractivity contribution in [3.05, 3.63) is 23.5 Å². The topological polar surface area (TPSA) is 55.8 Å². The fraction of sp³-hybridized carbons (Fsp3) is 0.762. The molecule has 136 valence electrons. The molecular formula is C21H28O4. The molecule has 2 saturated carbocycles. The summed E-state index contributed by atoms with van der Waals surface area (Å²) in [5, 5.41) is 9.96. The predicted octanol–water partition coefficient (Wildman–Crippen LogP) is 3.92. The number of aliphatic hydroxyl groups is 1. The molecule has 0 bridgehead atoms. The average molecular weight is 344 g/mol. The van der Waals surface area contributed by atoms with E-state index in [0.717, 1.165) is 25.7 Å². The lowest BCUT2D eigenvalue weighted by molar-refractivity contribution is -0.238. The van der Waals surface area contributed by atoms with E-state index in [-0.39, 0.29) is 16.7 Å². The molecule has 1 heterocycles. The normalized spacial score (nSPS) is 47.8. The van der Waals surface area contributed by atoms with E-state index in [1.165, 1.54) is 5.57 Å². The Morgan fingerprint density at radius 3 is 2.72 bits per heavy atom. The molecule has 5 aliphatic rings. The number of hydrogen-bond donors (Lipinski definition) is 1. The maximum absolute atomic E-state index is 13.4. The number of ether oxygens (including phenoxy) is 2. The molecule has 1 spiro atoms. The molecule has 1 saturated heterocycles. The van der Waals surface area contributed by atoms with Gasteiger partial charge in [-0.3, -0.25) is 4.79 Å². The molecule has 5 atom stereocenters. The average Bonchev–Trinajstić information content (AvgIpc) is 3.15. The van der Waals surface area contributed by atoms with Gasteiger partial charge in [-0.1, -0.05) is 19.9 Å². The molecule has 0 radical (unpaired) electrons. The summed E-state index contributed by atoms with van der Waals surface area (Å²) >= 11 is 0. The third-order valence-electron chi connectivity index (χ3n) is 8.24. The quantitative estimate of drug-likeness (QED) is 0.723. The van der Waals surface area contributed by atoms with E-state index < -0.39 is 5.79 Å². The largest absolute Gasteiger partial charge is 0.512 e. The SMILES string of the molecule is C[C@]12CCC(O)=CC1=CCC1C2C(=O)C[C@@]2(C)C1CCC21OCCO1. The molecule has 25 heavy (non-hydrogen) atoms. The van der Waals surface area contributed by atoms with Gasteiger partial charge in [-0.05, 0) is 42.7 Å². The summed E-state index contributed by atoms with van der Waals surface area (Å²) in [6.45, 7) is 5.78. The van der Waals surface area contributed by atoms with Crippen LogP contribution in [0.25, 0.3) is 0 Å². The first-order valence-corrected chi connectivity index (χ1v) is 9.80. The summed E-state index contributed by atoms with van der Waals surface area (Å²) in [4.78, 5) is 13.4. The lowest BCUT2D eigenvalue weighted by atomic mass is 9.48. The first-order chi connectivity index (χ1) is 11.9. The van der Waals surface area contributed by atoms with Crippen molar-refractivity contribution in [2.45, 2.75) is 58.2 Å². The highest BCUT2D eigenvalue weighted by atomic mass is 16.7. The Balaban J connectivity index is 1.57. The van der Waals surface area contributed by atoms with Gasteiger partial charge in [-0.15, -0.1) is 0 Å². The van der Waals surface area contributed by atoms with Gasteiger partial charge in [-0.25, -0.2) is 0 Å². The molecule has 5 rings (SSSR count). The van der Waals surface area contributed by atoms with E-state index in [0.29, 0.717) is 49.4 Å². The van der Waals surface area contributed by atoms with Crippen LogP contribution in [-0.4, -0.2) is 29.9 Å². The van der Waals surface area contributed by atoms with Crippen molar-refractivity contribution < 1.29 is 19.4 Å². The minimum atomic E-state index is -0.534. The van der Waals surface area contributed by atoms with E-state index in [4.69, 9.17) is 9.47 Å². The molecule has 0 aromatic rings. The number of Topliss-reactive ketones (excluding diaryl/α,β-unsaturated/α-hetero) is 1. The molecule has 3 fully saturated rings. The van der Waals surface area contributed by atoms with Crippen molar-refractivity contribution in [2.75, 3.05) is 13.2 Å². The molecule has 4 heteroatoms. The van der Waals surface area contributed by atoms with Gasteiger partial charge in [0.25, 0.3) is 0 Å². The van der Waals surface area contributed by atoms with Crippen LogP contribution >= 0.6 is 0 Å². The van der Waals surface area contributed by atoms with Gasteiger partial charge in [0, 0.05) is 36.0 Å². The number of aliphatic hydroxyl groups excluding tert-OH is 1. The van der Waals surface area contributed by atoms with Crippen LogP contribution in [-0.2, 0) is 14.3 Å². The molecule has 4 nitrogen and oxygen atoms in total. The fourth-order valence-corrected chi connectivity index (χ4v) is 7.02. The second-order valence-corrected chi connectivity index (χ2v) is 9.25. The summed E-state index contributed by atoms with van der Waals surface area (Å²) in [5.74, 6) is 1.23. The van der Waals surface area contributed by atoms with E-state index in [2.05, 4.69) is 19.9 Å². The number of carbonyl (C=O) groups excluding carboxylic acids is 1. The molecule has 0 amide bonds. The first-order valence-electron chi connectivity index (χ1n) is 9.80. The molecule has 1 aliphatic heterocycles. The molecular weight excluding hydrogens is 316 g/mol. The van der Waals surface area contributed by atoms with Gasteiger partial charge in [0.05, 0.1) is 19.0 Å². The van der Waals surface area contributed by atoms with Crippen molar-refractivity contribution in [1.29, 1.82) is 0 Å². The van der Waals surface area contributed by atoms with Gasteiger partial charge in [0.2, 0.25) is 0 Å². The number of hydrogen-bond acceptors (Lipinski definition) is 4. The standard InChI is InChI=1S/C21H28O4/c1-19-7-5-14(22)11-13(19)3-4-15-16-6-8-21(24-9-10-25-21)20(16,2)12-17(23)18(15)19/h3,11,15-16,18,22H,4-10,12H2,1-2H3/t15?,16?,18?,19-,20-/m0/s1. The van der Waals surface area contributed by atoms with Crippen LogP contribution in [0.3, 0.4) is 0 Å². The number of fused-ring (bicyclic) bond motifs is 6. The highest BCUT2D eigenvalue weighted by molar-refractivity contribution is 5.85. The Morgan fingerprint density at radius 1 is 1.20 bits per heavy atom. The Hall–Kier alpha value is -1.13. The first kappa shape index (κ1) is 16.1. The van der Waals surface area contributed by atoms with Gasteiger partial charge < -0.3 is 14.6 Å². The third kappa shape index (κ3) is 1.88. The van der Waals surface area contributed by atoms with Crippen molar-refractivity contribution in [3.63, 3.8) is 0 Å². The van der Waals surface area contributed by atoms with Gasteiger partial charge in [-0.2, -0.15) is 0 Å². The minimum Gasteiger partial charge on any atom is -0.512 e. The van der Waals surface area contributed by atoms with Crippen molar-refractivity contribution in [2.24, 2.45) is 28.6 Å². The predicted molar refractivity (Wildman–Crippen MR) is 92.8 cm³/mol. The molecule has 1 N–H and O–H groups in total. The van der Waals surface area contributed by atoms with E-state index >= 15 is 0 Å². The Morgan fingerprint density at radius 2 is 1.96 bits per heavy atom. The summed E-state index contributed by atoms with van der Waals surface area (Å²) in [7, 11) is 0. The van der Waals surface area contributed by atoms with Crippen LogP contribution in [0.5, 0.6) is 0 Å². The zero-order chi connectivity index (χ0) is 17.4. The minimum absolute atomic E-state index is 0.0754. The van der Waals surface area contributed by atoms with E-state index in [1.807, 2.05) is 6.08 Å². The number of carbonyl (C=O) groups is 1. The Labute approximate surface area is 149 Å². The Bertz CT molecular complexity index is 686. The van der Waals surface area contributed by atoms with Gasteiger partial charge in [0.1, 0.15) is 5.78 Å². The Kier molecular flexibility index (Phi) is 3.20. The summed E-state index contributed by atoms with van der Waals surface area (Å²) < 4.78 is 12.2. The highest BCUT2D eigenvalue weighted by Crippen LogP contribution is 2.67. The van der Waals surface area contributed by atoms with Crippen LogP contribution < -0.4 is 0 Å². The number of rotatable bonds is 0. The third-order valence-corrected chi connectivity index (χ3v) is 8.24. The van der Waals surface area contributed by atoms with Crippen molar-refractivity contribution in [1.82, 2.24) is 0 Å². The molecule has 3 unspecified atom stereocenters. The van der Waals surface area contributed by atoms with Crippen molar-refractivity contribution in [3.8, 4) is 0 Å². The summed E-state index contributed by atoms with van der Waals surface area (Å²) in [6, 6.07) is 0. The molecule has 0 aromatic heterocycles. The second-order valence-electron chi connectivity index (χ2n) is 9.25. The number of ketones is 1. The van der Waals surface area contributed by atoms with Gasteiger partial charge >= 0.3 is 0 Å². The van der Waals surface area contributed by atoms with E-state index in [1.54, 1.807) is 0 Å². The smallest absolute Gasteiger partial charge is 0.174 e. The summed E-state index contributed by atoms with van der Waals surface area (Å²) in [6.07, 6.45) is 9.26. The highest BCUT2D eigenvalue weighted by Gasteiger charge is 2.68. The number of allylic oxidation sites excluding steroid dienone is 4. The van der Waals surface area contributed by atoms with Gasteiger partial charge in [0.15, 0.2) is 5.79 Å². The van der Waals surface area contributed by atoms with Crippen LogP contribution in [0.2, 0.25) is 0 Å². The van der Waals surface area contributed by atoms with E-state index in [9.17, 15) is 9.90 Å².